The van der Waals surface area contributed by atoms with E-state index in [9.17, 15) is 5.11 Å². The third-order valence-corrected chi connectivity index (χ3v) is 5.10. The van der Waals surface area contributed by atoms with Crippen molar-refractivity contribution >= 4 is 29.2 Å². The number of hydrogen-bond donors (Lipinski definition) is 4. The van der Waals surface area contributed by atoms with E-state index in [-0.39, 0.29) is 18.6 Å². The van der Waals surface area contributed by atoms with Crippen LogP contribution in [0.25, 0.3) is 12.2 Å². The van der Waals surface area contributed by atoms with Gasteiger partial charge in [0.1, 0.15) is 5.75 Å². The summed E-state index contributed by atoms with van der Waals surface area (Å²) in [7, 11) is 0. The minimum Gasteiger partial charge on any atom is -0.488 e. The van der Waals surface area contributed by atoms with Gasteiger partial charge in [0.2, 0.25) is 0 Å². The molecule has 1 fully saturated rings. The van der Waals surface area contributed by atoms with Crippen LogP contribution in [0.5, 0.6) is 5.75 Å². The minimum absolute atomic E-state index is 0.0421. The number of benzene rings is 2. The summed E-state index contributed by atoms with van der Waals surface area (Å²) in [6.45, 7) is 2.40. The highest BCUT2D eigenvalue weighted by molar-refractivity contribution is 5.79. The fourth-order valence-electron chi connectivity index (χ4n) is 3.84. The lowest BCUT2D eigenvalue weighted by Gasteiger charge is -2.33. The summed E-state index contributed by atoms with van der Waals surface area (Å²) in [5.41, 5.74) is 21.7. The Morgan fingerprint density at radius 3 is 2.44 bits per heavy atom. The van der Waals surface area contributed by atoms with E-state index in [0.29, 0.717) is 23.0 Å². The quantitative estimate of drug-likeness (QED) is 0.475. The van der Waals surface area contributed by atoms with Crippen LogP contribution in [0.3, 0.4) is 0 Å². The Morgan fingerprint density at radius 2 is 1.74 bits per heavy atom. The van der Waals surface area contributed by atoms with Crippen molar-refractivity contribution in [3.63, 3.8) is 0 Å². The van der Waals surface area contributed by atoms with Crippen LogP contribution >= 0.6 is 0 Å². The van der Waals surface area contributed by atoms with E-state index in [0.717, 1.165) is 36.1 Å². The average Bonchev–Trinajstić information content (AvgIpc) is 2.63. The molecule has 0 heterocycles. The lowest BCUT2D eigenvalue weighted by Crippen LogP contribution is -2.31. The second-order valence-electron chi connectivity index (χ2n) is 7.63. The molecule has 0 amide bonds. The zero-order chi connectivity index (χ0) is 19.4. The highest BCUT2D eigenvalue weighted by Gasteiger charge is 2.28. The first-order valence-corrected chi connectivity index (χ1v) is 9.44. The summed E-state index contributed by atoms with van der Waals surface area (Å²) in [5.74, 6) is 1.46. The van der Waals surface area contributed by atoms with Crippen molar-refractivity contribution in [1.29, 1.82) is 0 Å². The molecule has 3 atom stereocenters. The third kappa shape index (κ3) is 4.95. The van der Waals surface area contributed by atoms with Gasteiger partial charge in [-0.05, 0) is 60.9 Å². The van der Waals surface area contributed by atoms with Gasteiger partial charge in [0.05, 0.1) is 11.8 Å². The number of ether oxygens (including phenoxy) is 1. The molecule has 2 aromatic rings. The molecule has 27 heavy (non-hydrogen) atoms. The Kier molecular flexibility index (Phi) is 5.91. The zero-order valence-electron chi connectivity index (χ0n) is 15.8. The molecule has 1 saturated carbocycles. The van der Waals surface area contributed by atoms with Gasteiger partial charge < -0.3 is 27.0 Å². The molecule has 7 N–H and O–H groups in total. The van der Waals surface area contributed by atoms with Crippen molar-refractivity contribution in [3.05, 3.63) is 47.5 Å². The first-order chi connectivity index (χ1) is 12.9. The van der Waals surface area contributed by atoms with Gasteiger partial charge >= 0.3 is 0 Å². The molecule has 0 spiro atoms. The number of anilines is 3. The third-order valence-electron chi connectivity index (χ3n) is 5.10. The highest BCUT2D eigenvalue weighted by atomic mass is 16.5. The SMILES string of the molecule is CC1CC(CO)CC(Oc2c(N)cc(N)cc2/C=C/c2ccc(N)cc2)C1. The number of rotatable bonds is 5. The van der Waals surface area contributed by atoms with E-state index in [2.05, 4.69) is 6.92 Å². The molecule has 5 nitrogen and oxygen atoms in total. The smallest absolute Gasteiger partial charge is 0.149 e. The Balaban J connectivity index is 1.85. The van der Waals surface area contributed by atoms with Crippen molar-refractivity contribution in [3.8, 4) is 5.75 Å². The van der Waals surface area contributed by atoms with Crippen LogP contribution in [-0.4, -0.2) is 17.8 Å². The molecule has 3 unspecified atom stereocenters. The Bertz CT molecular complexity index is 802. The van der Waals surface area contributed by atoms with Gasteiger partial charge in [-0.1, -0.05) is 31.2 Å². The molecular formula is C22H29N3O2. The van der Waals surface area contributed by atoms with Crippen LogP contribution < -0.4 is 21.9 Å². The monoisotopic (exact) mass is 367 g/mol. The summed E-state index contributed by atoms with van der Waals surface area (Å²) in [6, 6.07) is 11.2. The number of aliphatic hydroxyl groups is 1. The first kappa shape index (κ1) is 19.1. The summed E-state index contributed by atoms with van der Waals surface area (Å²) >= 11 is 0. The number of aliphatic hydroxyl groups excluding tert-OH is 1. The predicted octanol–water partition coefficient (Wildman–Crippen LogP) is 3.78. The molecule has 144 valence electrons. The van der Waals surface area contributed by atoms with Gasteiger partial charge in [-0.25, -0.2) is 0 Å². The molecule has 2 aromatic carbocycles. The van der Waals surface area contributed by atoms with Gasteiger partial charge in [0.25, 0.3) is 0 Å². The topological polar surface area (TPSA) is 108 Å². The lowest BCUT2D eigenvalue weighted by molar-refractivity contribution is 0.0682. The van der Waals surface area contributed by atoms with E-state index in [4.69, 9.17) is 21.9 Å². The number of nitrogens with two attached hydrogens (primary N) is 3. The molecule has 5 heteroatoms. The Morgan fingerprint density at radius 1 is 1.00 bits per heavy atom. The van der Waals surface area contributed by atoms with Gasteiger partial charge in [-0.15, -0.1) is 0 Å². The van der Waals surface area contributed by atoms with E-state index >= 15 is 0 Å². The van der Waals surface area contributed by atoms with Crippen LogP contribution in [-0.2, 0) is 0 Å². The van der Waals surface area contributed by atoms with Crippen LogP contribution in [0.4, 0.5) is 17.1 Å². The lowest BCUT2D eigenvalue weighted by atomic mass is 9.81. The second-order valence-corrected chi connectivity index (χ2v) is 7.63. The fourth-order valence-corrected chi connectivity index (χ4v) is 3.84. The van der Waals surface area contributed by atoms with Crippen LogP contribution in [0, 0.1) is 11.8 Å². The Hall–Kier alpha value is -2.66. The molecule has 0 saturated heterocycles. The Labute approximate surface area is 160 Å². The molecule has 0 radical (unpaired) electrons. The maximum Gasteiger partial charge on any atom is 0.149 e. The van der Waals surface area contributed by atoms with E-state index in [1.165, 1.54) is 0 Å². The summed E-state index contributed by atoms with van der Waals surface area (Å²) in [6.07, 6.45) is 6.83. The van der Waals surface area contributed by atoms with Crippen molar-refractivity contribution in [2.24, 2.45) is 11.8 Å². The summed E-state index contributed by atoms with van der Waals surface area (Å²) < 4.78 is 6.32. The van der Waals surface area contributed by atoms with Gasteiger partial charge in [0.15, 0.2) is 0 Å². The first-order valence-electron chi connectivity index (χ1n) is 9.44. The maximum absolute atomic E-state index is 9.55. The largest absolute Gasteiger partial charge is 0.488 e. The molecule has 0 aliphatic heterocycles. The molecule has 3 rings (SSSR count). The molecule has 0 bridgehead atoms. The average molecular weight is 367 g/mol. The highest BCUT2D eigenvalue weighted by Crippen LogP contribution is 2.36. The van der Waals surface area contributed by atoms with Gasteiger partial charge in [0, 0.05) is 23.5 Å². The maximum atomic E-state index is 9.55. The zero-order valence-corrected chi connectivity index (χ0v) is 15.8. The second kappa shape index (κ2) is 8.35. The van der Waals surface area contributed by atoms with Crippen molar-refractivity contribution in [2.75, 3.05) is 23.8 Å². The number of hydrogen-bond acceptors (Lipinski definition) is 5. The van der Waals surface area contributed by atoms with Crippen molar-refractivity contribution < 1.29 is 9.84 Å². The fraction of sp³-hybridized carbons (Fsp3) is 0.364. The van der Waals surface area contributed by atoms with Crippen LogP contribution in [0.2, 0.25) is 0 Å². The van der Waals surface area contributed by atoms with Crippen LogP contribution in [0.1, 0.15) is 37.3 Å². The summed E-state index contributed by atoms with van der Waals surface area (Å²) in [5, 5.41) is 9.55. The number of nitrogen functional groups attached to an aromatic ring is 3. The standard InChI is InChI=1S/C22H29N3O2/c1-14-8-16(13-26)10-20(9-14)27-22-17(11-19(24)12-21(22)25)5-2-15-3-6-18(23)7-4-15/h2-7,11-12,14,16,20,26H,8-10,13,23-25H2,1H3/b5-2+. The van der Waals surface area contributed by atoms with Crippen molar-refractivity contribution in [2.45, 2.75) is 32.3 Å². The van der Waals surface area contributed by atoms with Gasteiger partial charge in [-0.3, -0.25) is 0 Å². The summed E-state index contributed by atoms with van der Waals surface area (Å²) in [4.78, 5) is 0. The van der Waals surface area contributed by atoms with E-state index in [1.807, 2.05) is 42.5 Å². The minimum atomic E-state index is 0.0421. The molecule has 1 aliphatic rings. The van der Waals surface area contributed by atoms with Crippen molar-refractivity contribution in [1.82, 2.24) is 0 Å². The van der Waals surface area contributed by atoms with E-state index in [1.54, 1.807) is 6.07 Å². The van der Waals surface area contributed by atoms with E-state index < -0.39 is 0 Å². The predicted molar refractivity (Wildman–Crippen MR) is 113 cm³/mol. The molecule has 0 aromatic heterocycles. The van der Waals surface area contributed by atoms with Gasteiger partial charge in [-0.2, -0.15) is 0 Å². The van der Waals surface area contributed by atoms with Crippen LogP contribution in [0.15, 0.2) is 36.4 Å². The molecule has 1 aliphatic carbocycles. The normalized spacial score (nSPS) is 22.8. The molecular weight excluding hydrogens is 338 g/mol.